The molecule has 0 aliphatic carbocycles. The lowest BCUT2D eigenvalue weighted by atomic mass is 9.90. The van der Waals surface area contributed by atoms with E-state index < -0.39 is 11.6 Å². The first kappa shape index (κ1) is 16.3. The van der Waals surface area contributed by atoms with Crippen molar-refractivity contribution in [2.24, 2.45) is 11.7 Å². The molecule has 1 aromatic carbocycles. The highest BCUT2D eigenvalue weighted by Gasteiger charge is 2.28. The average molecular weight is 291 g/mol. The van der Waals surface area contributed by atoms with Gasteiger partial charge in [-0.25, -0.2) is 8.78 Å². The maximum Gasteiger partial charge on any atom is 0.130 e. The van der Waals surface area contributed by atoms with Crippen LogP contribution in [-0.4, -0.2) is 24.0 Å². The van der Waals surface area contributed by atoms with Crippen molar-refractivity contribution in [2.45, 2.75) is 32.4 Å². The lowest BCUT2D eigenvalue weighted by Crippen LogP contribution is -2.48. The first-order valence-electron chi connectivity index (χ1n) is 6.50. The van der Waals surface area contributed by atoms with E-state index in [1.807, 2.05) is 0 Å². The van der Waals surface area contributed by atoms with E-state index in [9.17, 15) is 8.78 Å². The Bertz CT molecular complexity index is 394. The number of nitrogens with two attached hydrogens (primary N) is 1. The van der Waals surface area contributed by atoms with E-state index in [-0.39, 0.29) is 24.0 Å². The molecular weight excluding hydrogens is 270 g/mol. The molecule has 0 aromatic heterocycles. The standard InChI is InChI=1S/C14H20F2N2.ClH/c1-10-4-3-7-18(14(10)8-17)9-11-12(15)5-2-6-13(11)16;/h2,5-6,10,14H,3-4,7-9,17H2,1H3;1H. The summed E-state index contributed by atoms with van der Waals surface area (Å²) in [6.07, 6.45) is 2.20. The molecule has 19 heavy (non-hydrogen) atoms. The largest absolute Gasteiger partial charge is 0.329 e. The third kappa shape index (κ3) is 3.65. The summed E-state index contributed by atoms with van der Waals surface area (Å²) in [5, 5.41) is 0. The molecular formula is C14H21ClF2N2. The maximum atomic E-state index is 13.6. The Morgan fingerprint density at radius 3 is 2.53 bits per heavy atom. The molecule has 2 atom stereocenters. The molecule has 1 aliphatic rings. The van der Waals surface area contributed by atoms with Gasteiger partial charge in [0.15, 0.2) is 0 Å². The number of likely N-dealkylation sites (tertiary alicyclic amines) is 1. The van der Waals surface area contributed by atoms with Crippen molar-refractivity contribution in [2.75, 3.05) is 13.1 Å². The number of halogens is 3. The third-order valence-corrected chi connectivity index (χ3v) is 3.90. The van der Waals surface area contributed by atoms with Crippen molar-refractivity contribution in [3.8, 4) is 0 Å². The van der Waals surface area contributed by atoms with Crippen molar-refractivity contribution in [1.82, 2.24) is 4.90 Å². The smallest absolute Gasteiger partial charge is 0.130 e. The Hall–Kier alpha value is -0.710. The molecule has 1 heterocycles. The fourth-order valence-corrected chi connectivity index (χ4v) is 2.80. The molecule has 1 aromatic rings. The molecule has 1 fully saturated rings. The highest BCUT2D eigenvalue weighted by Crippen LogP contribution is 2.25. The van der Waals surface area contributed by atoms with E-state index >= 15 is 0 Å². The van der Waals surface area contributed by atoms with E-state index in [0.717, 1.165) is 19.4 Å². The molecule has 2 unspecified atom stereocenters. The SMILES string of the molecule is CC1CCCN(Cc2c(F)cccc2F)C1CN.Cl. The summed E-state index contributed by atoms with van der Waals surface area (Å²) in [6.45, 7) is 3.86. The molecule has 0 spiro atoms. The van der Waals surface area contributed by atoms with E-state index in [2.05, 4.69) is 11.8 Å². The van der Waals surface area contributed by atoms with Crippen LogP contribution in [0.15, 0.2) is 18.2 Å². The third-order valence-electron chi connectivity index (χ3n) is 3.90. The summed E-state index contributed by atoms with van der Waals surface area (Å²) in [5.74, 6) is -0.452. The van der Waals surface area contributed by atoms with Gasteiger partial charge in [-0.1, -0.05) is 13.0 Å². The number of piperidine rings is 1. The van der Waals surface area contributed by atoms with Gasteiger partial charge in [-0.05, 0) is 37.4 Å². The van der Waals surface area contributed by atoms with Gasteiger partial charge in [-0.3, -0.25) is 4.90 Å². The van der Waals surface area contributed by atoms with E-state index in [0.29, 0.717) is 19.0 Å². The van der Waals surface area contributed by atoms with Crippen LogP contribution < -0.4 is 5.73 Å². The first-order valence-corrected chi connectivity index (χ1v) is 6.50. The molecule has 0 radical (unpaired) electrons. The molecule has 0 amide bonds. The van der Waals surface area contributed by atoms with Crippen molar-refractivity contribution < 1.29 is 8.78 Å². The fourth-order valence-electron chi connectivity index (χ4n) is 2.80. The van der Waals surface area contributed by atoms with Crippen LogP contribution >= 0.6 is 12.4 Å². The second-order valence-electron chi connectivity index (χ2n) is 5.09. The molecule has 2 nitrogen and oxygen atoms in total. The minimum Gasteiger partial charge on any atom is -0.329 e. The molecule has 2 rings (SSSR count). The number of hydrogen-bond acceptors (Lipinski definition) is 2. The molecule has 1 aliphatic heterocycles. The van der Waals surface area contributed by atoms with Gasteiger partial charge < -0.3 is 5.73 Å². The van der Waals surface area contributed by atoms with Gasteiger partial charge >= 0.3 is 0 Å². The number of rotatable bonds is 3. The van der Waals surface area contributed by atoms with Crippen molar-refractivity contribution in [3.63, 3.8) is 0 Å². The van der Waals surface area contributed by atoms with Crippen LogP contribution in [0.3, 0.4) is 0 Å². The predicted octanol–water partition coefficient (Wildman–Crippen LogP) is 2.95. The van der Waals surface area contributed by atoms with Crippen LogP contribution in [0.25, 0.3) is 0 Å². The van der Waals surface area contributed by atoms with Gasteiger partial charge in [0.1, 0.15) is 11.6 Å². The molecule has 108 valence electrons. The zero-order chi connectivity index (χ0) is 13.1. The Morgan fingerprint density at radius 1 is 1.32 bits per heavy atom. The second-order valence-corrected chi connectivity index (χ2v) is 5.09. The Kier molecular flexibility index (Phi) is 6.17. The van der Waals surface area contributed by atoms with Crippen LogP contribution in [0.4, 0.5) is 8.78 Å². The molecule has 0 saturated carbocycles. The van der Waals surface area contributed by atoms with Crippen LogP contribution in [-0.2, 0) is 6.54 Å². The quantitative estimate of drug-likeness (QED) is 0.927. The molecule has 2 N–H and O–H groups in total. The van der Waals surface area contributed by atoms with E-state index in [1.54, 1.807) is 0 Å². The second kappa shape index (κ2) is 7.17. The molecule has 1 saturated heterocycles. The van der Waals surface area contributed by atoms with Crippen molar-refractivity contribution in [1.29, 1.82) is 0 Å². The van der Waals surface area contributed by atoms with Crippen LogP contribution in [0, 0.1) is 17.6 Å². The summed E-state index contributed by atoms with van der Waals surface area (Å²) in [7, 11) is 0. The predicted molar refractivity (Wildman–Crippen MR) is 75.3 cm³/mol. The minimum absolute atomic E-state index is 0. The average Bonchev–Trinajstić information content (AvgIpc) is 2.34. The summed E-state index contributed by atoms with van der Waals surface area (Å²) >= 11 is 0. The zero-order valence-electron chi connectivity index (χ0n) is 11.1. The highest BCUT2D eigenvalue weighted by atomic mass is 35.5. The van der Waals surface area contributed by atoms with Crippen LogP contribution in [0.1, 0.15) is 25.3 Å². The number of benzene rings is 1. The number of hydrogen-bond donors (Lipinski definition) is 1. The van der Waals surface area contributed by atoms with Crippen LogP contribution in [0.5, 0.6) is 0 Å². The summed E-state index contributed by atoms with van der Waals surface area (Å²) in [4.78, 5) is 2.11. The Morgan fingerprint density at radius 2 is 1.95 bits per heavy atom. The van der Waals surface area contributed by atoms with Crippen molar-refractivity contribution >= 4 is 12.4 Å². The fraction of sp³-hybridized carbons (Fsp3) is 0.571. The monoisotopic (exact) mass is 290 g/mol. The van der Waals surface area contributed by atoms with E-state index in [4.69, 9.17) is 5.73 Å². The lowest BCUT2D eigenvalue weighted by Gasteiger charge is -2.39. The van der Waals surface area contributed by atoms with Crippen LogP contribution in [0.2, 0.25) is 0 Å². The minimum atomic E-state index is -0.469. The Labute approximate surface area is 119 Å². The Balaban J connectivity index is 0.00000180. The first-order chi connectivity index (χ1) is 8.63. The highest BCUT2D eigenvalue weighted by molar-refractivity contribution is 5.85. The van der Waals surface area contributed by atoms with E-state index in [1.165, 1.54) is 18.2 Å². The van der Waals surface area contributed by atoms with Gasteiger partial charge in [0.05, 0.1) is 0 Å². The summed E-state index contributed by atoms with van der Waals surface area (Å²) in [5.41, 5.74) is 5.94. The molecule has 5 heteroatoms. The molecule has 0 bridgehead atoms. The zero-order valence-corrected chi connectivity index (χ0v) is 11.9. The van der Waals surface area contributed by atoms with Crippen molar-refractivity contribution in [3.05, 3.63) is 35.4 Å². The topological polar surface area (TPSA) is 29.3 Å². The normalized spacial score (nSPS) is 24.0. The van der Waals surface area contributed by atoms with Gasteiger partial charge in [0, 0.05) is 24.7 Å². The van der Waals surface area contributed by atoms with Gasteiger partial charge in [0.25, 0.3) is 0 Å². The van der Waals surface area contributed by atoms with Gasteiger partial charge in [0.2, 0.25) is 0 Å². The van der Waals surface area contributed by atoms with Gasteiger partial charge in [-0.15, -0.1) is 12.4 Å². The number of nitrogens with zero attached hydrogens (tertiary/aromatic N) is 1. The maximum absolute atomic E-state index is 13.6. The van der Waals surface area contributed by atoms with Gasteiger partial charge in [-0.2, -0.15) is 0 Å². The summed E-state index contributed by atoms with van der Waals surface area (Å²) < 4.78 is 27.3. The lowest BCUT2D eigenvalue weighted by molar-refractivity contribution is 0.0966. The summed E-state index contributed by atoms with van der Waals surface area (Å²) in [6, 6.07) is 4.23.